The Morgan fingerprint density at radius 3 is 2.55 bits per heavy atom. The van der Waals surface area contributed by atoms with Crippen molar-refractivity contribution in [3.8, 4) is 0 Å². The summed E-state index contributed by atoms with van der Waals surface area (Å²) < 4.78 is 69.7. The van der Waals surface area contributed by atoms with Crippen molar-refractivity contribution in [2.45, 2.75) is 18.4 Å². The zero-order chi connectivity index (χ0) is 21.8. The number of hydrogen-bond acceptors (Lipinski definition) is 5. The molecule has 1 aliphatic heterocycles. The predicted molar refractivity (Wildman–Crippen MR) is 90.1 cm³/mol. The third kappa shape index (κ3) is 5.17. The minimum atomic E-state index is -5.01. The molecule has 1 aromatic rings. The van der Waals surface area contributed by atoms with E-state index in [1.165, 1.54) is 17.4 Å². The van der Waals surface area contributed by atoms with E-state index in [0.717, 1.165) is 11.0 Å². The summed E-state index contributed by atoms with van der Waals surface area (Å²) >= 11 is 0. The van der Waals surface area contributed by atoms with Crippen LogP contribution in [0.1, 0.15) is 0 Å². The Morgan fingerprint density at radius 1 is 1.31 bits per heavy atom. The number of alkyl halides is 4. The van der Waals surface area contributed by atoms with E-state index in [0.29, 0.717) is 0 Å². The fraction of sp³-hybridized carbons (Fsp3) is 0.438. The van der Waals surface area contributed by atoms with Crippen molar-refractivity contribution < 1.29 is 41.1 Å². The molecule has 3 amide bonds. The van der Waals surface area contributed by atoms with Crippen LogP contribution in [-0.4, -0.2) is 62.4 Å². The van der Waals surface area contributed by atoms with Crippen LogP contribution >= 0.6 is 0 Å². The summed E-state index contributed by atoms with van der Waals surface area (Å²) in [5.74, 6) is -9.83. The van der Waals surface area contributed by atoms with Crippen molar-refractivity contribution in [3.05, 3.63) is 24.0 Å². The van der Waals surface area contributed by atoms with Crippen LogP contribution in [0, 0.1) is 5.82 Å². The number of nitrogens with two attached hydrogens (primary N) is 1. The molecule has 1 aromatic carbocycles. The minimum Gasteiger partial charge on any atom is -0.370 e. The number of ether oxygens (including phenoxy) is 1. The summed E-state index contributed by atoms with van der Waals surface area (Å²) in [4.78, 5) is 36.3. The first-order valence-electron chi connectivity index (χ1n) is 8.23. The molecule has 0 radical (unpaired) electrons. The van der Waals surface area contributed by atoms with Gasteiger partial charge in [-0.05, 0) is 18.2 Å². The lowest BCUT2D eigenvalue weighted by Gasteiger charge is -2.27. The number of morpholine rings is 1. The Hall–Kier alpha value is -2.80. The molecule has 0 saturated carbocycles. The van der Waals surface area contributed by atoms with Crippen LogP contribution in [-0.2, 0) is 19.1 Å². The summed E-state index contributed by atoms with van der Waals surface area (Å²) in [6, 6.07) is 1.52. The maximum Gasteiger partial charge on any atom is 0.383 e. The van der Waals surface area contributed by atoms with Crippen molar-refractivity contribution >= 4 is 29.1 Å². The Kier molecular flexibility index (Phi) is 7.08. The number of rotatable bonds is 7. The quantitative estimate of drug-likeness (QED) is 0.551. The molecule has 1 saturated heterocycles. The second-order valence-corrected chi connectivity index (χ2v) is 5.94. The standard InChI is InChI=1S/C16H17F5N4O4/c17-9-5-8(1-2-11(9)25-3-4-29-7-12(25)26)23-13(27)10(6-22)24-15(28)16(20,21)14(18)19/h1-2,5,10,14H,3-4,6-7,22H2,(H,23,27)(H,24,28)/t10-/m0/s1. The number of nitrogens with zero attached hydrogens (tertiary/aromatic N) is 1. The van der Waals surface area contributed by atoms with Gasteiger partial charge in [-0.1, -0.05) is 0 Å². The third-order valence-corrected chi connectivity index (χ3v) is 3.93. The van der Waals surface area contributed by atoms with E-state index >= 15 is 0 Å². The molecule has 8 nitrogen and oxygen atoms in total. The average Bonchev–Trinajstić information content (AvgIpc) is 2.66. The first-order valence-corrected chi connectivity index (χ1v) is 8.23. The van der Waals surface area contributed by atoms with Gasteiger partial charge >= 0.3 is 12.3 Å². The minimum absolute atomic E-state index is 0.0587. The number of benzene rings is 1. The van der Waals surface area contributed by atoms with Crippen LogP contribution in [0.5, 0.6) is 0 Å². The lowest BCUT2D eigenvalue weighted by molar-refractivity contribution is -0.170. The highest BCUT2D eigenvalue weighted by Gasteiger charge is 2.49. The first-order chi connectivity index (χ1) is 13.6. The van der Waals surface area contributed by atoms with Gasteiger partial charge in [0.1, 0.15) is 18.5 Å². The van der Waals surface area contributed by atoms with Gasteiger partial charge in [0, 0.05) is 18.8 Å². The molecule has 1 atom stereocenters. The summed E-state index contributed by atoms with van der Waals surface area (Å²) in [6.45, 7) is -0.551. The van der Waals surface area contributed by atoms with Crippen molar-refractivity contribution in [1.82, 2.24) is 5.32 Å². The van der Waals surface area contributed by atoms with Gasteiger partial charge in [0.2, 0.25) is 5.91 Å². The topological polar surface area (TPSA) is 114 Å². The van der Waals surface area contributed by atoms with Gasteiger partial charge in [0.25, 0.3) is 11.8 Å². The van der Waals surface area contributed by atoms with Crippen molar-refractivity contribution in [2.24, 2.45) is 5.73 Å². The summed E-state index contributed by atoms with van der Waals surface area (Å²) in [5, 5.41) is 3.55. The molecular weight excluding hydrogens is 407 g/mol. The number of anilines is 2. The van der Waals surface area contributed by atoms with Crippen molar-refractivity contribution in [2.75, 3.05) is 36.5 Å². The maximum absolute atomic E-state index is 14.3. The van der Waals surface area contributed by atoms with Crippen LogP contribution in [0.15, 0.2) is 18.2 Å². The van der Waals surface area contributed by atoms with E-state index < -0.39 is 48.5 Å². The second-order valence-electron chi connectivity index (χ2n) is 5.94. The van der Waals surface area contributed by atoms with E-state index in [1.54, 1.807) is 0 Å². The molecule has 0 bridgehead atoms. The molecule has 2 rings (SSSR count). The number of hydrogen-bond donors (Lipinski definition) is 3. The lowest BCUT2D eigenvalue weighted by Crippen LogP contribution is -2.55. The molecule has 160 valence electrons. The zero-order valence-electron chi connectivity index (χ0n) is 14.8. The van der Waals surface area contributed by atoms with Gasteiger partial charge in [-0.3, -0.25) is 14.4 Å². The predicted octanol–water partition coefficient (Wildman–Crippen LogP) is 0.471. The number of carbonyl (C=O) groups is 3. The SMILES string of the molecule is NC[C@H](NC(=O)C(F)(F)C(F)F)C(=O)Nc1ccc(N2CCOCC2=O)c(F)c1. The van der Waals surface area contributed by atoms with Crippen LogP contribution in [0.4, 0.5) is 33.3 Å². The summed E-state index contributed by atoms with van der Waals surface area (Å²) in [5.41, 5.74) is 5.03. The average molecular weight is 424 g/mol. The monoisotopic (exact) mass is 424 g/mol. The van der Waals surface area contributed by atoms with Gasteiger partial charge in [-0.15, -0.1) is 0 Å². The number of halogens is 5. The highest BCUT2D eigenvalue weighted by molar-refractivity contribution is 5.99. The van der Waals surface area contributed by atoms with Gasteiger partial charge in [0.15, 0.2) is 0 Å². The number of amides is 3. The largest absolute Gasteiger partial charge is 0.383 e. The van der Waals surface area contributed by atoms with Gasteiger partial charge in [-0.2, -0.15) is 8.78 Å². The Balaban J connectivity index is 2.08. The highest BCUT2D eigenvalue weighted by atomic mass is 19.3. The van der Waals surface area contributed by atoms with Crippen LogP contribution in [0.2, 0.25) is 0 Å². The number of nitrogens with one attached hydrogen (secondary N) is 2. The van der Waals surface area contributed by atoms with Crippen LogP contribution < -0.4 is 21.3 Å². The molecular formula is C16H17F5N4O4. The van der Waals surface area contributed by atoms with E-state index in [1.807, 2.05) is 0 Å². The molecule has 0 spiro atoms. The van der Waals surface area contributed by atoms with E-state index in [9.17, 15) is 36.3 Å². The van der Waals surface area contributed by atoms with Gasteiger partial charge < -0.3 is 26.0 Å². The number of carbonyl (C=O) groups excluding carboxylic acids is 3. The molecule has 1 aliphatic rings. The smallest absolute Gasteiger partial charge is 0.370 e. The van der Waals surface area contributed by atoms with Crippen LogP contribution in [0.25, 0.3) is 0 Å². The molecule has 1 heterocycles. The maximum atomic E-state index is 14.3. The fourth-order valence-corrected chi connectivity index (χ4v) is 2.39. The third-order valence-electron chi connectivity index (χ3n) is 3.93. The van der Waals surface area contributed by atoms with Gasteiger partial charge in [0.05, 0.1) is 12.3 Å². The second kappa shape index (κ2) is 9.13. The summed E-state index contributed by atoms with van der Waals surface area (Å²) in [6.07, 6.45) is -4.27. The Labute approximate surface area is 161 Å². The zero-order valence-corrected chi connectivity index (χ0v) is 14.8. The normalized spacial score (nSPS) is 16.0. The molecule has 0 unspecified atom stereocenters. The lowest BCUT2D eigenvalue weighted by atomic mass is 10.2. The highest BCUT2D eigenvalue weighted by Crippen LogP contribution is 2.25. The Morgan fingerprint density at radius 2 is 2.00 bits per heavy atom. The van der Waals surface area contributed by atoms with E-state index in [4.69, 9.17) is 10.5 Å². The van der Waals surface area contributed by atoms with Gasteiger partial charge in [-0.25, -0.2) is 13.2 Å². The Bertz CT molecular complexity index is 793. The molecule has 0 aromatic heterocycles. The van der Waals surface area contributed by atoms with Crippen molar-refractivity contribution in [1.29, 1.82) is 0 Å². The van der Waals surface area contributed by atoms with Crippen molar-refractivity contribution in [3.63, 3.8) is 0 Å². The molecule has 29 heavy (non-hydrogen) atoms. The first kappa shape index (κ1) is 22.5. The molecule has 0 aliphatic carbocycles. The van der Waals surface area contributed by atoms with Crippen LogP contribution in [0.3, 0.4) is 0 Å². The van der Waals surface area contributed by atoms with E-state index in [2.05, 4.69) is 5.32 Å². The summed E-state index contributed by atoms with van der Waals surface area (Å²) in [7, 11) is 0. The molecule has 13 heteroatoms. The fourth-order valence-electron chi connectivity index (χ4n) is 2.39. The molecule has 1 fully saturated rings. The van der Waals surface area contributed by atoms with E-state index in [-0.39, 0.29) is 31.1 Å². The molecule has 4 N–H and O–H groups in total.